The third kappa shape index (κ3) is 2.90. The molecule has 2 unspecified atom stereocenters. The monoisotopic (exact) mass is 280 g/mol. The van der Waals surface area contributed by atoms with Crippen LogP contribution in [0.25, 0.3) is 0 Å². The number of ether oxygens (including phenoxy) is 1. The van der Waals surface area contributed by atoms with Crippen molar-refractivity contribution >= 4 is 0 Å². The van der Waals surface area contributed by atoms with Crippen molar-refractivity contribution in [2.75, 3.05) is 32.8 Å². The molecule has 3 rings (SSSR count). The summed E-state index contributed by atoms with van der Waals surface area (Å²) in [6.07, 6.45) is 11.5. The molecule has 2 aliphatic carbocycles. The van der Waals surface area contributed by atoms with Gasteiger partial charge in [-0.2, -0.15) is 0 Å². The molecule has 116 valence electrons. The van der Waals surface area contributed by atoms with E-state index in [0.717, 1.165) is 12.6 Å². The van der Waals surface area contributed by atoms with Crippen LogP contribution in [0.15, 0.2) is 0 Å². The fourth-order valence-corrected chi connectivity index (χ4v) is 4.76. The van der Waals surface area contributed by atoms with Crippen molar-refractivity contribution in [2.45, 2.75) is 70.4 Å². The molecule has 2 saturated carbocycles. The third-order valence-corrected chi connectivity index (χ3v) is 5.93. The first-order chi connectivity index (χ1) is 9.85. The molecule has 2 atom stereocenters. The molecule has 1 saturated heterocycles. The van der Waals surface area contributed by atoms with Gasteiger partial charge in [-0.1, -0.05) is 12.8 Å². The quantitative estimate of drug-likeness (QED) is 0.726. The summed E-state index contributed by atoms with van der Waals surface area (Å²) in [6, 6.07) is 0.736. The highest BCUT2D eigenvalue weighted by molar-refractivity contribution is 5.09. The second kappa shape index (κ2) is 6.76. The van der Waals surface area contributed by atoms with E-state index in [9.17, 15) is 0 Å². The molecule has 1 spiro atoms. The van der Waals surface area contributed by atoms with Crippen LogP contribution in [0.4, 0.5) is 0 Å². The van der Waals surface area contributed by atoms with E-state index in [1.165, 1.54) is 77.5 Å². The van der Waals surface area contributed by atoms with Gasteiger partial charge in [-0.25, -0.2) is 0 Å². The second-order valence-electron chi connectivity index (χ2n) is 7.03. The van der Waals surface area contributed by atoms with Gasteiger partial charge >= 0.3 is 0 Å². The van der Waals surface area contributed by atoms with Crippen LogP contribution in [0.5, 0.6) is 0 Å². The molecule has 1 aliphatic heterocycles. The van der Waals surface area contributed by atoms with Gasteiger partial charge in [-0.3, -0.25) is 0 Å². The molecule has 0 radical (unpaired) electrons. The maximum atomic E-state index is 5.99. The van der Waals surface area contributed by atoms with E-state index in [1.54, 1.807) is 0 Å². The molecule has 0 aromatic rings. The van der Waals surface area contributed by atoms with E-state index in [0.29, 0.717) is 11.5 Å². The lowest BCUT2D eigenvalue weighted by Crippen LogP contribution is -2.62. The van der Waals surface area contributed by atoms with Crippen LogP contribution in [0.3, 0.4) is 0 Å². The van der Waals surface area contributed by atoms with Gasteiger partial charge in [-0.05, 0) is 71.6 Å². The van der Waals surface area contributed by atoms with E-state index in [-0.39, 0.29) is 0 Å². The van der Waals surface area contributed by atoms with Crippen molar-refractivity contribution in [1.29, 1.82) is 0 Å². The Morgan fingerprint density at radius 2 is 1.90 bits per heavy atom. The molecular weight excluding hydrogens is 248 g/mol. The third-order valence-electron chi connectivity index (χ3n) is 5.93. The summed E-state index contributed by atoms with van der Waals surface area (Å²) < 4.78 is 5.99. The van der Waals surface area contributed by atoms with Gasteiger partial charge in [-0.15, -0.1) is 0 Å². The van der Waals surface area contributed by atoms with Crippen molar-refractivity contribution in [3.05, 3.63) is 0 Å². The Morgan fingerprint density at radius 1 is 1.15 bits per heavy atom. The van der Waals surface area contributed by atoms with Crippen LogP contribution in [0, 0.1) is 5.41 Å². The minimum Gasteiger partial charge on any atom is -0.378 e. The number of likely N-dealkylation sites (tertiary alicyclic amines) is 1. The van der Waals surface area contributed by atoms with Crippen LogP contribution in [-0.2, 0) is 4.74 Å². The van der Waals surface area contributed by atoms with Crippen LogP contribution < -0.4 is 5.32 Å². The van der Waals surface area contributed by atoms with E-state index in [4.69, 9.17) is 4.74 Å². The van der Waals surface area contributed by atoms with Crippen molar-refractivity contribution in [3.8, 4) is 0 Å². The number of hydrogen-bond donors (Lipinski definition) is 1. The maximum absolute atomic E-state index is 5.99. The van der Waals surface area contributed by atoms with Gasteiger partial charge in [0, 0.05) is 18.1 Å². The smallest absolute Gasteiger partial charge is 0.0661 e. The molecule has 1 N–H and O–H groups in total. The molecule has 3 aliphatic rings. The Bertz CT molecular complexity index is 295. The normalized spacial score (nSPS) is 32.9. The number of hydrogen-bond acceptors (Lipinski definition) is 3. The number of rotatable bonds is 7. The molecule has 0 amide bonds. The Labute approximate surface area is 124 Å². The van der Waals surface area contributed by atoms with Gasteiger partial charge in [0.1, 0.15) is 0 Å². The topological polar surface area (TPSA) is 24.5 Å². The van der Waals surface area contributed by atoms with Crippen LogP contribution >= 0.6 is 0 Å². The van der Waals surface area contributed by atoms with Crippen LogP contribution in [0.2, 0.25) is 0 Å². The van der Waals surface area contributed by atoms with Crippen LogP contribution in [-0.4, -0.2) is 49.8 Å². The average molecular weight is 280 g/mol. The fourth-order valence-electron chi connectivity index (χ4n) is 4.76. The van der Waals surface area contributed by atoms with Crippen LogP contribution in [0.1, 0.15) is 58.3 Å². The highest BCUT2D eigenvalue weighted by Gasteiger charge is 2.56. The first-order valence-corrected chi connectivity index (χ1v) is 8.92. The first kappa shape index (κ1) is 14.8. The first-order valence-electron chi connectivity index (χ1n) is 8.92. The van der Waals surface area contributed by atoms with Gasteiger partial charge in [0.05, 0.1) is 6.10 Å². The highest BCUT2D eigenvalue weighted by Crippen LogP contribution is 2.54. The zero-order chi connectivity index (χ0) is 13.8. The van der Waals surface area contributed by atoms with Crippen molar-refractivity contribution in [3.63, 3.8) is 0 Å². The summed E-state index contributed by atoms with van der Waals surface area (Å²) in [5.41, 5.74) is 0.504. The second-order valence-corrected chi connectivity index (χ2v) is 7.03. The Kier molecular flexibility index (Phi) is 5.00. The molecule has 0 aromatic heterocycles. The molecule has 1 heterocycles. The minimum absolute atomic E-state index is 0.504. The Morgan fingerprint density at radius 3 is 2.60 bits per heavy atom. The van der Waals surface area contributed by atoms with Crippen molar-refractivity contribution in [2.24, 2.45) is 5.41 Å². The number of nitrogens with one attached hydrogen (secondary N) is 1. The molecule has 3 nitrogen and oxygen atoms in total. The lowest BCUT2D eigenvalue weighted by atomic mass is 9.60. The minimum atomic E-state index is 0.504. The van der Waals surface area contributed by atoms with E-state index in [1.807, 2.05) is 0 Å². The fraction of sp³-hybridized carbons (Fsp3) is 1.00. The van der Waals surface area contributed by atoms with Crippen molar-refractivity contribution in [1.82, 2.24) is 10.2 Å². The summed E-state index contributed by atoms with van der Waals surface area (Å²) in [5.74, 6) is 0. The molecular formula is C17H32N2O. The standard InChI is InChI=1S/C17H32N2O/c1-2-20-16-14-15(17(16)8-3-4-9-17)18-10-7-13-19-11-5-6-12-19/h15-16,18H,2-14H2,1H3. The number of nitrogens with zero attached hydrogens (tertiary/aromatic N) is 1. The summed E-state index contributed by atoms with van der Waals surface area (Å²) in [5, 5.41) is 3.86. The summed E-state index contributed by atoms with van der Waals surface area (Å²) in [6.45, 7) is 8.18. The molecule has 0 bridgehead atoms. The molecule has 20 heavy (non-hydrogen) atoms. The lowest BCUT2D eigenvalue weighted by molar-refractivity contribution is -0.130. The Balaban J connectivity index is 1.39. The summed E-state index contributed by atoms with van der Waals surface area (Å²) >= 11 is 0. The van der Waals surface area contributed by atoms with Gasteiger partial charge in [0.25, 0.3) is 0 Å². The Hall–Kier alpha value is -0.120. The predicted molar refractivity (Wildman–Crippen MR) is 83.0 cm³/mol. The van der Waals surface area contributed by atoms with Gasteiger partial charge < -0.3 is 15.0 Å². The molecule has 3 fully saturated rings. The van der Waals surface area contributed by atoms with Gasteiger partial charge in [0.15, 0.2) is 0 Å². The zero-order valence-electron chi connectivity index (χ0n) is 13.2. The maximum Gasteiger partial charge on any atom is 0.0661 e. The van der Waals surface area contributed by atoms with E-state index in [2.05, 4.69) is 17.1 Å². The lowest BCUT2D eigenvalue weighted by Gasteiger charge is -2.54. The zero-order valence-corrected chi connectivity index (χ0v) is 13.2. The predicted octanol–water partition coefficient (Wildman–Crippen LogP) is 2.80. The SMILES string of the molecule is CCOC1CC(NCCCN2CCCC2)C12CCCC2. The largest absolute Gasteiger partial charge is 0.378 e. The molecule has 3 heteroatoms. The summed E-state index contributed by atoms with van der Waals surface area (Å²) in [7, 11) is 0. The van der Waals surface area contributed by atoms with Gasteiger partial charge in [0.2, 0.25) is 0 Å². The average Bonchev–Trinajstić information content (AvgIpc) is 3.12. The van der Waals surface area contributed by atoms with E-state index < -0.39 is 0 Å². The molecule has 0 aromatic carbocycles. The summed E-state index contributed by atoms with van der Waals surface area (Å²) in [4.78, 5) is 2.62. The van der Waals surface area contributed by atoms with E-state index >= 15 is 0 Å². The highest BCUT2D eigenvalue weighted by atomic mass is 16.5. The van der Waals surface area contributed by atoms with Crippen molar-refractivity contribution < 1.29 is 4.74 Å².